The molecule has 13 heavy (non-hydrogen) atoms. The maximum Gasteiger partial charge on any atom is 0.131 e. The normalized spacial score (nSPS) is 21.5. The molecule has 0 saturated heterocycles. The molecule has 72 valence electrons. The van der Waals surface area contributed by atoms with Gasteiger partial charge in [-0.1, -0.05) is 0 Å². The zero-order valence-corrected chi connectivity index (χ0v) is 9.32. The Morgan fingerprint density at radius 1 is 1.69 bits per heavy atom. The molecule has 0 fully saturated rings. The average Bonchev–Trinajstić information content (AvgIpc) is 2.50. The van der Waals surface area contributed by atoms with E-state index in [9.17, 15) is 0 Å². The summed E-state index contributed by atoms with van der Waals surface area (Å²) in [5.74, 6) is 0.618. The van der Waals surface area contributed by atoms with E-state index in [-0.39, 0.29) is 0 Å². The van der Waals surface area contributed by atoms with Gasteiger partial charge in [-0.15, -0.1) is 0 Å². The first-order chi connectivity index (χ1) is 6.33. The van der Waals surface area contributed by atoms with Gasteiger partial charge in [0.1, 0.15) is 4.60 Å². The summed E-state index contributed by atoms with van der Waals surface area (Å²) in [6.07, 6.45) is 3.70. The third-order valence-electron chi connectivity index (χ3n) is 2.69. The molecular weight excluding hydrogens is 230 g/mol. The average molecular weight is 244 g/mol. The fraction of sp³-hybridized carbons (Fsp3) is 0.667. The number of aromatic amines is 1. The Morgan fingerprint density at radius 2 is 2.54 bits per heavy atom. The van der Waals surface area contributed by atoms with Crippen molar-refractivity contribution in [1.29, 1.82) is 0 Å². The van der Waals surface area contributed by atoms with Crippen LogP contribution < -0.4 is 5.32 Å². The number of hydrogen-bond donors (Lipinski definition) is 2. The zero-order valence-electron chi connectivity index (χ0n) is 7.73. The Bertz CT molecular complexity index is 295. The first-order valence-corrected chi connectivity index (χ1v) is 5.49. The standard InChI is InChI=1S/C9H14BrN3/c1-11-5-6-3-2-4-7-8(6)12-13-9(7)10/h6,11H,2-5H2,1H3,(H,12,13). The Balaban J connectivity index is 2.27. The van der Waals surface area contributed by atoms with Crippen LogP contribution in [0.3, 0.4) is 0 Å². The van der Waals surface area contributed by atoms with E-state index in [0.717, 1.165) is 17.6 Å². The van der Waals surface area contributed by atoms with Crippen LogP contribution >= 0.6 is 15.9 Å². The summed E-state index contributed by atoms with van der Waals surface area (Å²) in [4.78, 5) is 0. The predicted molar refractivity (Wildman–Crippen MR) is 55.9 cm³/mol. The second-order valence-corrected chi connectivity index (χ2v) is 4.30. The minimum Gasteiger partial charge on any atom is -0.319 e. The number of likely N-dealkylation sites (N-methyl/N-ethyl adjacent to an activating group) is 1. The van der Waals surface area contributed by atoms with Crippen molar-refractivity contribution in [2.45, 2.75) is 25.2 Å². The Morgan fingerprint density at radius 3 is 3.31 bits per heavy atom. The predicted octanol–water partition coefficient (Wildman–Crippen LogP) is 1.81. The topological polar surface area (TPSA) is 40.7 Å². The maximum atomic E-state index is 4.19. The highest BCUT2D eigenvalue weighted by atomic mass is 79.9. The van der Waals surface area contributed by atoms with Gasteiger partial charge < -0.3 is 5.32 Å². The van der Waals surface area contributed by atoms with Gasteiger partial charge in [-0.2, -0.15) is 5.10 Å². The van der Waals surface area contributed by atoms with Gasteiger partial charge in [-0.3, -0.25) is 5.10 Å². The van der Waals surface area contributed by atoms with E-state index in [1.54, 1.807) is 0 Å². The summed E-state index contributed by atoms with van der Waals surface area (Å²) in [6, 6.07) is 0. The fourth-order valence-corrected chi connectivity index (χ4v) is 2.55. The number of aromatic nitrogens is 2. The molecular formula is C9H14BrN3. The lowest BCUT2D eigenvalue weighted by molar-refractivity contribution is 0.518. The van der Waals surface area contributed by atoms with Crippen LogP contribution in [-0.2, 0) is 6.42 Å². The molecule has 1 aromatic rings. The van der Waals surface area contributed by atoms with Gasteiger partial charge in [0.2, 0.25) is 0 Å². The van der Waals surface area contributed by atoms with Crippen LogP contribution in [0.5, 0.6) is 0 Å². The lowest BCUT2D eigenvalue weighted by atomic mass is 9.88. The number of halogens is 1. The molecule has 0 spiro atoms. The van der Waals surface area contributed by atoms with Crippen LogP contribution in [0, 0.1) is 0 Å². The quantitative estimate of drug-likeness (QED) is 0.833. The van der Waals surface area contributed by atoms with Crippen molar-refractivity contribution in [3.05, 3.63) is 15.9 Å². The molecule has 0 bridgehead atoms. The molecule has 0 aliphatic heterocycles. The van der Waals surface area contributed by atoms with Crippen molar-refractivity contribution < 1.29 is 0 Å². The number of fused-ring (bicyclic) bond motifs is 1. The second-order valence-electron chi connectivity index (χ2n) is 3.55. The number of hydrogen-bond acceptors (Lipinski definition) is 2. The molecule has 1 atom stereocenters. The lowest BCUT2D eigenvalue weighted by Crippen LogP contribution is -2.21. The van der Waals surface area contributed by atoms with E-state index in [0.29, 0.717) is 5.92 Å². The minimum atomic E-state index is 0.618. The van der Waals surface area contributed by atoms with Gasteiger partial charge in [0, 0.05) is 23.7 Å². The van der Waals surface area contributed by atoms with Gasteiger partial charge >= 0.3 is 0 Å². The highest BCUT2D eigenvalue weighted by Crippen LogP contribution is 2.33. The monoisotopic (exact) mass is 243 g/mol. The van der Waals surface area contributed by atoms with Gasteiger partial charge in [0.15, 0.2) is 0 Å². The van der Waals surface area contributed by atoms with Gasteiger partial charge in [-0.25, -0.2) is 0 Å². The Kier molecular flexibility index (Phi) is 2.69. The van der Waals surface area contributed by atoms with Crippen molar-refractivity contribution in [2.75, 3.05) is 13.6 Å². The number of nitrogens with one attached hydrogen (secondary N) is 2. The SMILES string of the molecule is CNCC1CCCc2c(Br)n[nH]c21. The summed E-state index contributed by atoms with van der Waals surface area (Å²) in [7, 11) is 2.00. The van der Waals surface area contributed by atoms with E-state index >= 15 is 0 Å². The third-order valence-corrected chi connectivity index (χ3v) is 3.34. The van der Waals surface area contributed by atoms with Gasteiger partial charge in [-0.05, 0) is 42.2 Å². The Hall–Kier alpha value is -0.350. The molecule has 0 amide bonds. The van der Waals surface area contributed by atoms with Gasteiger partial charge in [0.25, 0.3) is 0 Å². The molecule has 0 aromatic carbocycles. The van der Waals surface area contributed by atoms with Crippen molar-refractivity contribution in [1.82, 2.24) is 15.5 Å². The summed E-state index contributed by atoms with van der Waals surface area (Å²) >= 11 is 3.47. The number of nitrogens with zero attached hydrogens (tertiary/aromatic N) is 1. The molecule has 0 saturated carbocycles. The van der Waals surface area contributed by atoms with Gasteiger partial charge in [0.05, 0.1) is 0 Å². The summed E-state index contributed by atoms with van der Waals surface area (Å²) < 4.78 is 1.00. The smallest absolute Gasteiger partial charge is 0.131 e. The molecule has 4 heteroatoms. The minimum absolute atomic E-state index is 0.618. The van der Waals surface area contributed by atoms with E-state index in [1.165, 1.54) is 24.1 Å². The first kappa shape index (κ1) is 9.21. The second kappa shape index (κ2) is 3.80. The summed E-state index contributed by atoms with van der Waals surface area (Å²) in [5, 5.41) is 10.5. The first-order valence-electron chi connectivity index (χ1n) is 4.70. The molecule has 1 heterocycles. The van der Waals surface area contributed by atoms with Crippen LogP contribution in [0.1, 0.15) is 30.0 Å². The van der Waals surface area contributed by atoms with Crippen molar-refractivity contribution in [2.24, 2.45) is 0 Å². The van der Waals surface area contributed by atoms with E-state index in [1.807, 2.05) is 7.05 Å². The van der Waals surface area contributed by atoms with E-state index in [2.05, 4.69) is 31.4 Å². The lowest BCUT2D eigenvalue weighted by Gasteiger charge is -2.21. The van der Waals surface area contributed by atoms with Crippen LogP contribution in [0.4, 0.5) is 0 Å². The summed E-state index contributed by atoms with van der Waals surface area (Å²) in [5.41, 5.74) is 2.71. The molecule has 2 N–H and O–H groups in total. The molecule has 1 aliphatic rings. The number of rotatable bonds is 2. The maximum absolute atomic E-state index is 4.19. The molecule has 1 aromatic heterocycles. The van der Waals surface area contributed by atoms with Crippen molar-refractivity contribution in [3.8, 4) is 0 Å². The molecule has 3 nitrogen and oxygen atoms in total. The molecule has 0 radical (unpaired) electrons. The highest BCUT2D eigenvalue weighted by Gasteiger charge is 2.23. The van der Waals surface area contributed by atoms with Crippen LogP contribution in [0.25, 0.3) is 0 Å². The molecule has 1 aliphatic carbocycles. The summed E-state index contributed by atoms with van der Waals surface area (Å²) in [6.45, 7) is 1.04. The third kappa shape index (κ3) is 1.65. The zero-order chi connectivity index (χ0) is 9.26. The van der Waals surface area contributed by atoms with Crippen LogP contribution in [0.15, 0.2) is 4.60 Å². The van der Waals surface area contributed by atoms with E-state index in [4.69, 9.17) is 0 Å². The van der Waals surface area contributed by atoms with E-state index < -0.39 is 0 Å². The highest BCUT2D eigenvalue weighted by molar-refractivity contribution is 9.10. The molecule has 2 rings (SSSR count). The van der Waals surface area contributed by atoms with Crippen LogP contribution in [-0.4, -0.2) is 23.8 Å². The van der Waals surface area contributed by atoms with Crippen molar-refractivity contribution in [3.63, 3.8) is 0 Å². The Labute approximate surface area is 86.4 Å². The fourth-order valence-electron chi connectivity index (χ4n) is 2.05. The molecule has 1 unspecified atom stereocenters. The largest absolute Gasteiger partial charge is 0.319 e. The number of H-pyrrole nitrogens is 1. The van der Waals surface area contributed by atoms with Crippen molar-refractivity contribution >= 4 is 15.9 Å². The van der Waals surface area contributed by atoms with Crippen LogP contribution in [0.2, 0.25) is 0 Å².